The Balaban J connectivity index is 1.75. The fraction of sp³-hybridized carbons (Fsp3) is 0.429. The summed E-state index contributed by atoms with van der Waals surface area (Å²) in [6, 6.07) is 10.1. The SMILES string of the molecule is CN(C[n+]1cn(-c2ccccc2)nc1[SH2+])N1CCCC1. The minimum atomic E-state index is 0.797. The first-order valence-corrected chi connectivity index (χ1v) is 7.46. The molecule has 0 unspecified atom stereocenters. The van der Waals surface area contributed by atoms with Crippen LogP contribution >= 0.6 is 0 Å². The molecule has 20 heavy (non-hydrogen) atoms. The Morgan fingerprint density at radius 2 is 1.95 bits per heavy atom. The van der Waals surface area contributed by atoms with Crippen molar-refractivity contribution in [1.82, 2.24) is 19.8 Å². The van der Waals surface area contributed by atoms with Crippen molar-refractivity contribution in [3.8, 4) is 5.69 Å². The van der Waals surface area contributed by atoms with Crippen molar-refractivity contribution in [3.05, 3.63) is 36.7 Å². The summed E-state index contributed by atoms with van der Waals surface area (Å²) in [4.78, 5) is 0. The third-order valence-electron chi connectivity index (χ3n) is 3.67. The standard InChI is InChI=1S/C14H19N5S/c1-16(18-9-5-6-10-18)11-17-12-19(15-14(17)20)13-7-3-2-4-8-13/h2-4,7-8,12H,5-6,9-11H2,1H3/p+2. The molecule has 0 amide bonds. The van der Waals surface area contributed by atoms with Gasteiger partial charge in [-0.05, 0) is 25.0 Å². The zero-order chi connectivity index (χ0) is 13.9. The summed E-state index contributed by atoms with van der Waals surface area (Å²) in [5, 5.41) is 9.99. The zero-order valence-corrected chi connectivity index (χ0v) is 12.7. The van der Waals surface area contributed by atoms with E-state index < -0.39 is 0 Å². The maximum Gasteiger partial charge on any atom is 0.480 e. The third-order valence-corrected chi connectivity index (χ3v) is 4.05. The van der Waals surface area contributed by atoms with E-state index in [4.69, 9.17) is 0 Å². The lowest BCUT2D eigenvalue weighted by Gasteiger charge is -2.25. The summed E-state index contributed by atoms with van der Waals surface area (Å²) < 4.78 is 3.99. The maximum absolute atomic E-state index is 4.51. The van der Waals surface area contributed by atoms with Crippen molar-refractivity contribution in [2.24, 2.45) is 0 Å². The van der Waals surface area contributed by atoms with Gasteiger partial charge in [-0.3, -0.25) is 0 Å². The molecule has 2 aromatic rings. The molecule has 0 radical (unpaired) electrons. The lowest BCUT2D eigenvalue weighted by atomic mass is 10.3. The number of benzene rings is 1. The summed E-state index contributed by atoms with van der Waals surface area (Å²) in [5.41, 5.74) is 1.06. The van der Waals surface area contributed by atoms with E-state index in [-0.39, 0.29) is 0 Å². The van der Waals surface area contributed by atoms with Gasteiger partial charge in [0.2, 0.25) is 6.33 Å². The monoisotopic (exact) mass is 291 g/mol. The largest absolute Gasteiger partial charge is 0.480 e. The highest BCUT2D eigenvalue weighted by atomic mass is 32.1. The highest BCUT2D eigenvalue weighted by Crippen LogP contribution is 2.09. The fourth-order valence-electron chi connectivity index (χ4n) is 2.53. The molecule has 1 aliphatic rings. The number of rotatable bonds is 4. The highest BCUT2D eigenvalue weighted by Gasteiger charge is 2.23. The molecule has 0 atom stereocenters. The average molecular weight is 291 g/mol. The van der Waals surface area contributed by atoms with Gasteiger partial charge in [0, 0.05) is 20.1 Å². The number of hydrogen-bond acceptors (Lipinski definition) is 3. The first kappa shape index (κ1) is 13.6. The van der Waals surface area contributed by atoms with Crippen LogP contribution in [0.1, 0.15) is 12.8 Å². The van der Waals surface area contributed by atoms with Gasteiger partial charge in [0.15, 0.2) is 0 Å². The van der Waals surface area contributed by atoms with Crippen LogP contribution in [0, 0.1) is 0 Å². The summed E-state index contributed by atoms with van der Waals surface area (Å²) in [6.07, 6.45) is 4.60. The minimum absolute atomic E-state index is 0.797. The van der Waals surface area contributed by atoms with Crippen LogP contribution in [0.4, 0.5) is 0 Å². The van der Waals surface area contributed by atoms with Crippen LogP contribution < -0.4 is 4.57 Å². The first-order valence-electron chi connectivity index (χ1n) is 6.96. The number of hydrogen-bond donors (Lipinski definition) is 0. The van der Waals surface area contributed by atoms with Crippen molar-refractivity contribution in [2.45, 2.75) is 24.7 Å². The molecule has 106 valence electrons. The molecule has 1 fully saturated rings. The summed E-state index contributed by atoms with van der Waals surface area (Å²) in [7, 11) is 2.13. The molecule has 1 aromatic heterocycles. The van der Waals surface area contributed by atoms with Crippen molar-refractivity contribution in [1.29, 1.82) is 0 Å². The molecule has 0 aliphatic carbocycles. The van der Waals surface area contributed by atoms with Gasteiger partial charge in [-0.1, -0.05) is 22.9 Å². The quantitative estimate of drug-likeness (QED) is 0.604. The molecule has 3 rings (SSSR count). The van der Waals surface area contributed by atoms with Gasteiger partial charge < -0.3 is 0 Å². The van der Waals surface area contributed by atoms with E-state index in [1.807, 2.05) is 41.3 Å². The van der Waals surface area contributed by atoms with Crippen LogP contribution in [-0.2, 0) is 19.3 Å². The second-order valence-corrected chi connectivity index (χ2v) is 5.60. The van der Waals surface area contributed by atoms with Crippen LogP contribution in [0.3, 0.4) is 0 Å². The van der Waals surface area contributed by atoms with Gasteiger partial charge in [0.25, 0.3) is 0 Å². The Bertz CT molecular complexity index is 562. The van der Waals surface area contributed by atoms with Gasteiger partial charge in [-0.2, -0.15) is 4.57 Å². The number of nitrogens with zero attached hydrogens (tertiary/aromatic N) is 5. The first-order chi connectivity index (χ1) is 9.74. The van der Waals surface area contributed by atoms with Crippen LogP contribution in [0.25, 0.3) is 5.69 Å². The van der Waals surface area contributed by atoms with Gasteiger partial charge in [-0.15, -0.1) is 0 Å². The molecular formula is C14H21N5S+2. The normalized spacial score (nSPS) is 16.1. The van der Waals surface area contributed by atoms with Gasteiger partial charge in [0.05, 0.1) is 12.6 Å². The second kappa shape index (κ2) is 5.95. The zero-order valence-electron chi connectivity index (χ0n) is 11.7. The molecule has 0 bridgehead atoms. The lowest BCUT2D eigenvalue weighted by molar-refractivity contribution is -0.755. The Kier molecular flexibility index (Phi) is 4.05. The number of hydrazine groups is 1. The minimum Gasteiger partial charge on any atom is -0.239 e. The Hall–Kier alpha value is -1.37. The predicted octanol–water partition coefficient (Wildman–Crippen LogP) is 0.430. The van der Waals surface area contributed by atoms with E-state index in [0.29, 0.717) is 0 Å². The van der Waals surface area contributed by atoms with Gasteiger partial charge >= 0.3 is 5.16 Å². The summed E-state index contributed by atoms with van der Waals surface area (Å²) in [5.74, 6) is 0. The third kappa shape index (κ3) is 2.87. The van der Waals surface area contributed by atoms with Gasteiger partial charge in [-0.25, -0.2) is 10.0 Å². The smallest absolute Gasteiger partial charge is 0.239 e. The Morgan fingerprint density at radius 3 is 2.65 bits per heavy atom. The predicted molar refractivity (Wildman–Crippen MR) is 80.8 cm³/mol. The highest BCUT2D eigenvalue weighted by molar-refractivity contribution is 7.58. The van der Waals surface area contributed by atoms with E-state index in [9.17, 15) is 0 Å². The van der Waals surface area contributed by atoms with Crippen LogP contribution in [-0.4, -0.2) is 39.9 Å². The molecule has 1 aromatic carbocycles. The Morgan fingerprint density at radius 1 is 1.25 bits per heavy atom. The van der Waals surface area contributed by atoms with Crippen molar-refractivity contribution < 1.29 is 4.57 Å². The molecule has 0 N–H and O–H groups in total. The molecule has 0 saturated carbocycles. The fourth-order valence-corrected chi connectivity index (χ4v) is 2.77. The van der Waals surface area contributed by atoms with E-state index in [1.165, 1.54) is 12.8 Å². The molecule has 5 nitrogen and oxygen atoms in total. The van der Waals surface area contributed by atoms with Crippen molar-refractivity contribution in [3.63, 3.8) is 0 Å². The molecule has 0 spiro atoms. The molecular weight excluding hydrogens is 270 g/mol. The number of aromatic nitrogens is 3. The topological polar surface area (TPSA) is 28.2 Å². The van der Waals surface area contributed by atoms with E-state index in [0.717, 1.165) is 30.6 Å². The van der Waals surface area contributed by atoms with Crippen molar-refractivity contribution >= 4 is 12.6 Å². The maximum atomic E-state index is 4.51. The molecule has 1 saturated heterocycles. The number of para-hydroxylation sites is 1. The summed E-state index contributed by atoms with van der Waals surface area (Å²) >= 11 is 3.59. The second-order valence-electron chi connectivity index (χ2n) is 5.15. The van der Waals surface area contributed by atoms with E-state index in [1.54, 1.807) is 0 Å². The van der Waals surface area contributed by atoms with E-state index in [2.05, 4.69) is 39.4 Å². The van der Waals surface area contributed by atoms with Crippen molar-refractivity contribution in [2.75, 3.05) is 20.1 Å². The molecule has 6 heteroatoms. The Labute approximate surface area is 124 Å². The average Bonchev–Trinajstić information content (AvgIpc) is 3.10. The molecule has 2 heterocycles. The summed E-state index contributed by atoms with van der Waals surface area (Å²) in [6.45, 7) is 3.10. The lowest BCUT2D eigenvalue weighted by Crippen LogP contribution is -2.49. The molecule has 1 aliphatic heterocycles. The van der Waals surface area contributed by atoms with Crippen LogP contribution in [0.2, 0.25) is 0 Å². The van der Waals surface area contributed by atoms with Gasteiger partial charge in [0.1, 0.15) is 17.5 Å². The van der Waals surface area contributed by atoms with E-state index >= 15 is 0 Å². The van der Waals surface area contributed by atoms with Crippen LogP contribution in [0.5, 0.6) is 0 Å². The van der Waals surface area contributed by atoms with Crippen LogP contribution in [0.15, 0.2) is 41.8 Å².